The average molecular weight is 388 g/mol. The Kier molecular flexibility index (Phi) is 7.39. The van der Waals surface area contributed by atoms with Crippen LogP contribution in [0, 0.1) is 0 Å². The third-order valence-corrected chi connectivity index (χ3v) is 4.62. The first kappa shape index (κ1) is 20.9. The van der Waals surface area contributed by atoms with Crippen LogP contribution in [0.2, 0.25) is 0 Å². The van der Waals surface area contributed by atoms with E-state index in [9.17, 15) is 9.59 Å². The van der Waals surface area contributed by atoms with Crippen LogP contribution in [0.25, 0.3) is 0 Å². The fourth-order valence-electron chi connectivity index (χ4n) is 3.00. The Morgan fingerprint density at radius 2 is 1.74 bits per heavy atom. The van der Waals surface area contributed by atoms with Gasteiger partial charge in [0.05, 0.1) is 0 Å². The molecule has 3 N–H and O–H groups in total. The smallest absolute Gasteiger partial charge is 0.226 e. The lowest BCUT2D eigenvalue weighted by Gasteiger charge is -2.20. The first-order valence-corrected chi connectivity index (χ1v) is 8.99. The summed E-state index contributed by atoms with van der Waals surface area (Å²) < 4.78 is 0. The van der Waals surface area contributed by atoms with Gasteiger partial charge in [0.15, 0.2) is 0 Å². The summed E-state index contributed by atoms with van der Waals surface area (Å²) in [5.41, 5.74) is 8.84. The third kappa shape index (κ3) is 6.08. The van der Waals surface area contributed by atoms with Crippen LogP contribution in [-0.2, 0) is 16.1 Å². The third-order valence-electron chi connectivity index (χ3n) is 4.62. The van der Waals surface area contributed by atoms with Crippen molar-refractivity contribution in [2.45, 2.75) is 44.8 Å². The molecule has 0 bridgehead atoms. The van der Waals surface area contributed by atoms with Crippen molar-refractivity contribution in [3.05, 3.63) is 65.7 Å². The van der Waals surface area contributed by atoms with Gasteiger partial charge in [-0.3, -0.25) is 9.59 Å². The number of anilines is 1. The van der Waals surface area contributed by atoms with E-state index in [1.165, 1.54) is 0 Å². The summed E-state index contributed by atoms with van der Waals surface area (Å²) in [7, 11) is 0. The number of hydrogen-bond donors (Lipinski definition) is 2. The Bertz CT molecular complexity index is 761. The molecule has 1 aliphatic carbocycles. The van der Waals surface area contributed by atoms with Crippen molar-refractivity contribution in [2.75, 3.05) is 5.32 Å². The van der Waals surface area contributed by atoms with Crippen molar-refractivity contribution in [3.63, 3.8) is 0 Å². The number of amides is 2. The normalized spacial score (nSPS) is 14.0. The minimum absolute atomic E-state index is 0. The predicted octanol–water partition coefficient (Wildman–Crippen LogP) is 3.65. The Morgan fingerprint density at radius 1 is 1.11 bits per heavy atom. The van der Waals surface area contributed by atoms with Crippen molar-refractivity contribution in [2.24, 2.45) is 5.73 Å². The molecule has 3 rings (SSSR count). The maximum absolute atomic E-state index is 12.2. The summed E-state index contributed by atoms with van der Waals surface area (Å²) in [6, 6.07) is 17.3. The van der Waals surface area contributed by atoms with E-state index in [1.54, 1.807) is 6.92 Å². The quantitative estimate of drug-likeness (QED) is 0.761. The van der Waals surface area contributed by atoms with Gasteiger partial charge in [0.25, 0.3) is 0 Å². The minimum Gasteiger partial charge on any atom is -0.336 e. The molecular formula is C21H26ClN3O2. The Morgan fingerprint density at radius 3 is 2.30 bits per heavy atom. The van der Waals surface area contributed by atoms with Crippen molar-refractivity contribution >= 4 is 29.9 Å². The molecule has 1 aliphatic rings. The summed E-state index contributed by atoms with van der Waals surface area (Å²) >= 11 is 0. The molecule has 2 aromatic rings. The number of rotatable bonds is 7. The fourth-order valence-corrected chi connectivity index (χ4v) is 3.00. The second-order valence-corrected chi connectivity index (χ2v) is 6.84. The monoisotopic (exact) mass is 387 g/mol. The first-order chi connectivity index (χ1) is 12.5. The second-order valence-electron chi connectivity index (χ2n) is 6.84. The van der Waals surface area contributed by atoms with E-state index in [4.69, 9.17) is 5.73 Å². The van der Waals surface area contributed by atoms with Gasteiger partial charge in [-0.15, -0.1) is 12.4 Å². The molecule has 6 heteroatoms. The lowest BCUT2D eigenvalue weighted by Crippen LogP contribution is -2.30. The van der Waals surface area contributed by atoms with Crippen molar-refractivity contribution in [3.8, 4) is 0 Å². The molecule has 0 spiro atoms. The Hall–Kier alpha value is -2.37. The highest BCUT2D eigenvalue weighted by atomic mass is 35.5. The van der Waals surface area contributed by atoms with Crippen molar-refractivity contribution < 1.29 is 9.59 Å². The number of nitrogens with zero attached hydrogens (tertiary/aromatic N) is 1. The zero-order valence-electron chi connectivity index (χ0n) is 15.4. The van der Waals surface area contributed by atoms with E-state index in [0.717, 1.165) is 29.7 Å². The van der Waals surface area contributed by atoms with Gasteiger partial charge in [-0.2, -0.15) is 0 Å². The van der Waals surface area contributed by atoms with Crippen molar-refractivity contribution in [1.29, 1.82) is 0 Å². The standard InChI is InChI=1S/C21H25N3O2.ClH/c1-15(25)24(19-11-12-19)14-16-7-9-18(10-8-16)23-21(26)13-20(22)17-5-3-2-4-6-17;/h2-10,19-20H,11-14,22H2,1H3,(H,23,26);1H. The lowest BCUT2D eigenvalue weighted by molar-refractivity contribution is -0.130. The van der Waals surface area contributed by atoms with Gasteiger partial charge < -0.3 is 16.0 Å². The van der Waals surface area contributed by atoms with E-state index < -0.39 is 0 Å². The van der Waals surface area contributed by atoms with E-state index >= 15 is 0 Å². The maximum atomic E-state index is 12.2. The van der Waals surface area contributed by atoms with Gasteiger partial charge in [0, 0.05) is 37.7 Å². The number of nitrogens with one attached hydrogen (secondary N) is 1. The molecule has 1 fully saturated rings. The minimum atomic E-state index is -0.321. The zero-order chi connectivity index (χ0) is 18.5. The maximum Gasteiger partial charge on any atom is 0.226 e. The molecule has 27 heavy (non-hydrogen) atoms. The Labute approximate surface area is 166 Å². The number of benzene rings is 2. The first-order valence-electron chi connectivity index (χ1n) is 8.99. The zero-order valence-corrected chi connectivity index (χ0v) is 16.2. The fraction of sp³-hybridized carbons (Fsp3) is 0.333. The molecule has 5 nitrogen and oxygen atoms in total. The summed E-state index contributed by atoms with van der Waals surface area (Å²) in [6.07, 6.45) is 2.41. The second kappa shape index (κ2) is 9.53. The van der Waals surface area contributed by atoms with Gasteiger partial charge in [0.2, 0.25) is 11.8 Å². The van der Waals surface area contributed by atoms with Crippen LogP contribution in [0.15, 0.2) is 54.6 Å². The van der Waals surface area contributed by atoms with E-state index in [0.29, 0.717) is 12.6 Å². The molecule has 0 saturated heterocycles. The average Bonchev–Trinajstić information content (AvgIpc) is 3.46. The number of halogens is 1. The number of nitrogens with two attached hydrogens (primary N) is 1. The van der Waals surface area contributed by atoms with E-state index in [-0.39, 0.29) is 36.7 Å². The molecule has 144 valence electrons. The van der Waals surface area contributed by atoms with Crippen LogP contribution in [0.4, 0.5) is 5.69 Å². The number of carbonyl (C=O) groups is 2. The van der Waals surface area contributed by atoms with Crippen LogP contribution in [0.1, 0.15) is 43.4 Å². The highest BCUT2D eigenvalue weighted by Crippen LogP contribution is 2.28. The molecule has 1 atom stereocenters. The lowest BCUT2D eigenvalue weighted by atomic mass is 10.0. The van der Waals surface area contributed by atoms with E-state index in [1.807, 2.05) is 59.5 Å². The molecule has 1 saturated carbocycles. The molecule has 0 radical (unpaired) electrons. The van der Waals surface area contributed by atoms with Crippen LogP contribution in [-0.4, -0.2) is 22.8 Å². The Balaban J connectivity index is 0.00000261. The van der Waals surface area contributed by atoms with Crippen molar-refractivity contribution in [1.82, 2.24) is 4.90 Å². The summed E-state index contributed by atoms with van der Waals surface area (Å²) in [6.45, 7) is 2.23. The highest BCUT2D eigenvalue weighted by molar-refractivity contribution is 5.91. The molecule has 0 aliphatic heterocycles. The topological polar surface area (TPSA) is 75.4 Å². The van der Waals surface area contributed by atoms with Gasteiger partial charge in [-0.1, -0.05) is 42.5 Å². The number of hydrogen-bond acceptors (Lipinski definition) is 3. The predicted molar refractivity (Wildman–Crippen MR) is 110 cm³/mol. The van der Waals surface area contributed by atoms with Gasteiger partial charge in [-0.05, 0) is 36.1 Å². The SMILES string of the molecule is CC(=O)N(Cc1ccc(NC(=O)CC(N)c2ccccc2)cc1)C1CC1.Cl. The molecule has 0 aromatic heterocycles. The molecule has 0 heterocycles. The van der Waals surface area contributed by atoms with Crippen LogP contribution < -0.4 is 11.1 Å². The summed E-state index contributed by atoms with van der Waals surface area (Å²) in [4.78, 5) is 25.8. The van der Waals surface area contributed by atoms with Crippen LogP contribution in [0.5, 0.6) is 0 Å². The highest BCUT2D eigenvalue weighted by Gasteiger charge is 2.30. The molecule has 2 amide bonds. The van der Waals surface area contributed by atoms with E-state index in [2.05, 4.69) is 5.32 Å². The largest absolute Gasteiger partial charge is 0.336 e. The molecule has 1 unspecified atom stereocenters. The molecule has 2 aromatic carbocycles. The number of carbonyl (C=O) groups excluding carboxylic acids is 2. The van der Waals surface area contributed by atoms with Gasteiger partial charge in [0.1, 0.15) is 0 Å². The summed E-state index contributed by atoms with van der Waals surface area (Å²) in [5.74, 6) is -0.00257. The van der Waals surface area contributed by atoms with Gasteiger partial charge in [-0.25, -0.2) is 0 Å². The van der Waals surface area contributed by atoms with Crippen LogP contribution in [0.3, 0.4) is 0 Å². The van der Waals surface area contributed by atoms with Gasteiger partial charge >= 0.3 is 0 Å². The summed E-state index contributed by atoms with van der Waals surface area (Å²) in [5, 5.41) is 2.88. The van der Waals surface area contributed by atoms with Crippen LogP contribution >= 0.6 is 12.4 Å². The molecular weight excluding hydrogens is 362 g/mol.